The zero-order valence-corrected chi connectivity index (χ0v) is 10.9. The molecule has 0 atom stereocenters. The van der Waals surface area contributed by atoms with E-state index in [1.165, 1.54) is 8.66 Å². The smallest absolute Gasteiger partial charge is 0.0701 e. The van der Waals surface area contributed by atoms with Crippen molar-refractivity contribution in [3.63, 3.8) is 0 Å². The number of hydrogen-bond acceptors (Lipinski definition) is 4. The maximum atomic E-state index is 8.47. The molecule has 0 radical (unpaired) electrons. The Hall–Kier alpha value is 0.0600. The Morgan fingerprint density at radius 3 is 2.87 bits per heavy atom. The van der Waals surface area contributed by atoms with E-state index in [1.54, 1.807) is 11.3 Å². The van der Waals surface area contributed by atoms with Crippen LogP contribution in [0.2, 0.25) is 0 Å². The summed E-state index contributed by atoms with van der Waals surface area (Å²) in [5.41, 5.74) is 0. The van der Waals surface area contributed by atoms with Gasteiger partial charge in [-0.3, -0.25) is 0 Å². The topological polar surface area (TPSA) is 41.5 Å². The van der Waals surface area contributed by atoms with E-state index >= 15 is 0 Å². The molecular weight excluding hydrogens is 278 g/mol. The molecule has 1 heterocycles. The number of thiophene rings is 1. The van der Waals surface area contributed by atoms with Crippen molar-refractivity contribution in [1.29, 1.82) is 0 Å². The number of aliphatic hydroxyl groups is 1. The summed E-state index contributed by atoms with van der Waals surface area (Å²) in [5.74, 6) is 0. The summed E-state index contributed by atoms with van der Waals surface area (Å²) in [7, 11) is 0. The molecule has 0 aliphatic carbocycles. The molecule has 0 amide bonds. The van der Waals surface area contributed by atoms with Crippen LogP contribution in [0.1, 0.15) is 4.88 Å². The fraction of sp³-hybridized carbons (Fsp3) is 0.600. The van der Waals surface area contributed by atoms with Crippen LogP contribution in [0.25, 0.3) is 0 Å². The molecule has 0 aromatic carbocycles. The van der Waals surface area contributed by atoms with Gasteiger partial charge in [0.05, 0.1) is 23.6 Å². The minimum Gasteiger partial charge on any atom is -0.394 e. The summed E-state index contributed by atoms with van der Waals surface area (Å²) in [6.45, 7) is 3.00. The first-order valence-corrected chi connectivity index (χ1v) is 6.57. The zero-order chi connectivity index (χ0) is 10.9. The lowest BCUT2D eigenvalue weighted by atomic mass is 10.3. The van der Waals surface area contributed by atoms with Crippen molar-refractivity contribution in [3.05, 3.63) is 20.8 Å². The van der Waals surface area contributed by atoms with Gasteiger partial charge in [0.1, 0.15) is 0 Å². The van der Waals surface area contributed by atoms with Gasteiger partial charge >= 0.3 is 0 Å². The summed E-state index contributed by atoms with van der Waals surface area (Å²) in [6.07, 6.45) is 1.05. The Balaban J connectivity index is 1.93. The Morgan fingerprint density at radius 2 is 2.20 bits per heavy atom. The van der Waals surface area contributed by atoms with Gasteiger partial charge in [-0.2, -0.15) is 0 Å². The van der Waals surface area contributed by atoms with E-state index < -0.39 is 0 Å². The van der Waals surface area contributed by atoms with Crippen LogP contribution in [0, 0.1) is 0 Å². The third kappa shape index (κ3) is 6.27. The fourth-order valence-corrected chi connectivity index (χ4v) is 2.62. The summed E-state index contributed by atoms with van der Waals surface area (Å²) in [6, 6.07) is 4.21. The Morgan fingerprint density at radius 1 is 1.33 bits per heavy atom. The van der Waals surface area contributed by atoms with Crippen molar-refractivity contribution >= 4 is 27.3 Å². The van der Waals surface area contributed by atoms with Gasteiger partial charge < -0.3 is 15.2 Å². The van der Waals surface area contributed by atoms with Gasteiger partial charge in [-0.1, -0.05) is 0 Å². The van der Waals surface area contributed by atoms with Crippen molar-refractivity contribution in [2.75, 3.05) is 32.9 Å². The van der Waals surface area contributed by atoms with Crippen LogP contribution in [0.4, 0.5) is 0 Å². The molecule has 3 nitrogen and oxygen atoms in total. The lowest BCUT2D eigenvalue weighted by Gasteiger charge is -2.03. The van der Waals surface area contributed by atoms with Gasteiger partial charge in [-0.25, -0.2) is 0 Å². The lowest BCUT2D eigenvalue weighted by molar-refractivity contribution is 0.0940. The number of halogens is 1. The highest BCUT2D eigenvalue weighted by atomic mass is 79.9. The third-order valence-corrected chi connectivity index (χ3v) is 3.52. The van der Waals surface area contributed by atoms with Crippen LogP contribution in [0.5, 0.6) is 0 Å². The number of nitrogens with one attached hydrogen (secondary N) is 1. The normalized spacial score (nSPS) is 10.8. The van der Waals surface area contributed by atoms with Crippen molar-refractivity contribution in [2.24, 2.45) is 0 Å². The van der Waals surface area contributed by atoms with Crippen molar-refractivity contribution in [3.8, 4) is 0 Å². The van der Waals surface area contributed by atoms with Crippen LogP contribution < -0.4 is 5.32 Å². The predicted molar refractivity (Wildman–Crippen MR) is 66.5 cm³/mol. The van der Waals surface area contributed by atoms with Crippen molar-refractivity contribution in [1.82, 2.24) is 5.32 Å². The van der Waals surface area contributed by atoms with E-state index in [0.29, 0.717) is 13.2 Å². The third-order valence-electron chi connectivity index (χ3n) is 1.84. The molecule has 0 fully saturated rings. The van der Waals surface area contributed by atoms with Crippen LogP contribution in [-0.4, -0.2) is 38.0 Å². The van der Waals surface area contributed by atoms with Gasteiger partial charge in [0, 0.05) is 18.0 Å². The van der Waals surface area contributed by atoms with Gasteiger partial charge in [-0.15, -0.1) is 11.3 Å². The maximum Gasteiger partial charge on any atom is 0.0701 e. The van der Waals surface area contributed by atoms with E-state index in [4.69, 9.17) is 9.84 Å². The highest BCUT2D eigenvalue weighted by molar-refractivity contribution is 9.11. The molecule has 0 unspecified atom stereocenters. The molecular formula is C10H16BrNO2S. The monoisotopic (exact) mass is 293 g/mol. The summed E-state index contributed by atoms with van der Waals surface area (Å²) < 4.78 is 6.31. The average molecular weight is 294 g/mol. The number of rotatable bonds is 8. The van der Waals surface area contributed by atoms with E-state index in [2.05, 4.69) is 33.4 Å². The van der Waals surface area contributed by atoms with Gasteiger partial charge in [0.2, 0.25) is 0 Å². The van der Waals surface area contributed by atoms with Gasteiger partial charge in [-0.05, 0) is 34.5 Å². The predicted octanol–water partition coefficient (Wildman–Crippen LogP) is 1.65. The first-order valence-electron chi connectivity index (χ1n) is 4.96. The molecule has 1 aromatic heterocycles. The van der Waals surface area contributed by atoms with E-state index in [-0.39, 0.29) is 6.61 Å². The molecule has 2 N–H and O–H groups in total. The molecule has 0 aliphatic heterocycles. The fourth-order valence-electron chi connectivity index (χ4n) is 1.13. The standard InChI is InChI=1S/C10H16BrNO2S/c11-10-2-1-9(15-10)3-4-12-5-7-14-8-6-13/h1-2,12-13H,3-8H2. The van der Waals surface area contributed by atoms with Crippen LogP contribution in [0.15, 0.2) is 15.9 Å². The SMILES string of the molecule is OCCOCCNCCc1ccc(Br)s1. The average Bonchev–Trinajstić information content (AvgIpc) is 2.63. The second-order valence-electron chi connectivity index (χ2n) is 3.04. The molecule has 15 heavy (non-hydrogen) atoms. The summed E-state index contributed by atoms with van der Waals surface area (Å²) >= 11 is 5.21. The van der Waals surface area contributed by atoms with Crippen LogP contribution in [0.3, 0.4) is 0 Å². The first kappa shape index (κ1) is 13.1. The number of aliphatic hydroxyl groups excluding tert-OH is 1. The maximum absolute atomic E-state index is 8.47. The largest absolute Gasteiger partial charge is 0.394 e. The zero-order valence-electron chi connectivity index (χ0n) is 8.54. The quantitative estimate of drug-likeness (QED) is 0.716. The molecule has 0 bridgehead atoms. The van der Waals surface area contributed by atoms with Crippen LogP contribution in [-0.2, 0) is 11.2 Å². The minimum atomic E-state index is 0.100. The highest BCUT2D eigenvalue weighted by Crippen LogP contribution is 2.21. The minimum absolute atomic E-state index is 0.100. The Kier molecular flexibility index (Phi) is 7.21. The van der Waals surface area contributed by atoms with Crippen molar-refractivity contribution < 1.29 is 9.84 Å². The molecule has 0 spiro atoms. The second-order valence-corrected chi connectivity index (χ2v) is 5.59. The van der Waals surface area contributed by atoms with E-state index in [1.807, 2.05) is 0 Å². The molecule has 0 aliphatic rings. The summed E-state index contributed by atoms with van der Waals surface area (Å²) in [4.78, 5) is 1.38. The summed E-state index contributed by atoms with van der Waals surface area (Å²) in [5, 5.41) is 11.8. The Bertz CT molecular complexity index is 268. The number of hydrogen-bond donors (Lipinski definition) is 2. The molecule has 1 aromatic rings. The molecule has 86 valence electrons. The second kappa shape index (κ2) is 8.24. The highest BCUT2D eigenvalue weighted by Gasteiger charge is 1.96. The molecule has 0 saturated carbocycles. The number of ether oxygens (including phenoxy) is 1. The molecule has 0 saturated heterocycles. The molecule has 1 rings (SSSR count). The van der Waals surface area contributed by atoms with Crippen molar-refractivity contribution in [2.45, 2.75) is 6.42 Å². The van der Waals surface area contributed by atoms with Crippen LogP contribution >= 0.6 is 27.3 Å². The molecule has 5 heteroatoms. The van der Waals surface area contributed by atoms with Gasteiger partial charge in [0.25, 0.3) is 0 Å². The van der Waals surface area contributed by atoms with E-state index in [0.717, 1.165) is 19.5 Å². The Labute approximate surface area is 103 Å². The van der Waals surface area contributed by atoms with E-state index in [9.17, 15) is 0 Å². The lowest BCUT2D eigenvalue weighted by Crippen LogP contribution is -2.22. The van der Waals surface area contributed by atoms with Gasteiger partial charge in [0.15, 0.2) is 0 Å². The first-order chi connectivity index (χ1) is 7.33.